The average molecular weight is 575 g/mol. The van der Waals surface area contributed by atoms with Gasteiger partial charge in [-0.3, -0.25) is 4.90 Å². The molecule has 0 amide bonds. The van der Waals surface area contributed by atoms with Crippen LogP contribution in [-0.4, -0.2) is 47.9 Å². The number of nitrogens with one attached hydrogen (secondary N) is 1. The van der Waals surface area contributed by atoms with E-state index in [0.29, 0.717) is 37.0 Å². The van der Waals surface area contributed by atoms with Crippen LogP contribution >= 0.6 is 0 Å². The Bertz CT molecular complexity index is 1370. The number of methoxy groups -OCH3 is 1. The number of phenols is 1. The molecule has 1 atom stereocenters. The molecule has 0 aromatic heterocycles. The van der Waals surface area contributed by atoms with Gasteiger partial charge in [0.15, 0.2) is 11.6 Å². The minimum Gasteiger partial charge on any atom is -0.508 e. The maximum absolute atomic E-state index is 15.0. The smallest absolute Gasteiger partial charge is 0.165 e. The molecule has 3 aromatic rings. The van der Waals surface area contributed by atoms with Crippen LogP contribution in [0.1, 0.15) is 81.5 Å². The molecule has 0 spiro atoms. The number of hydrogen-bond donors (Lipinski definition) is 2. The number of fused-ring (bicyclic) bond motifs is 1. The molecule has 0 radical (unpaired) electrons. The zero-order valence-electron chi connectivity index (χ0n) is 25.9. The molecule has 226 valence electrons. The van der Waals surface area contributed by atoms with E-state index in [1.165, 1.54) is 36.0 Å². The van der Waals surface area contributed by atoms with Crippen LogP contribution in [0.15, 0.2) is 54.6 Å². The van der Waals surface area contributed by atoms with Crippen molar-refractivity contribution in [1.82, 2.24) is 4.90 Å². The molecule has 1 aliphatic heterocycles. The van der Waals surface area contributed by atoms with Gasteiger partial charge < -0.3 is 19.9 Å². The highest BCUT2D eigenvalue weighted by atomic mass is 19.1. The molecule has 1 heterocycles. The predicted octanol–water partition coefficient (Wildman–Crippen LogP) is 7.89. The van der Waals surface area contributed by atoms with Crippen molar-refractivity contribution in [2.24, 2.45) is 0 Å². The van der Waals surface area contributed by atoms with E-state index >= 15 is 4.39 Å². The number of halogens is 1. The summed E-state index contributed by atoms with van der Waals surface area (Å²) in [5.41, 5.74) is 6.04. The summed E-state index contributed by atoms with van der Waals surface area (Å²) < 4.78 is 26.5. The van der Waals surface area contributed by atoms with Crippen LogP contribution in [0.25, 0.3) is 0 Å². The number of aromatic hydroxyl groups is 1. The van der Waals surface area contributed by atoms with E-state index in [1.807, 2.05) is 24.3 Å². The number of aryl methyl sites for hydroxylation is 1. The van der Waals surface area contributed by atoms with Crippen LogP contribution in [0.4, 0.5) is 10.1 Å². The topological polar surface area (TPSA) is 54.0 Å². The summed E-state index contributed by atoms with van der Waals surface area (Å²) in [6.07, 6.45) is 7.18. The largest absolute Gasteiger partial charge is 0.508 e. The number of benzene rings is 3. The van der Waals surface area contributed by atoms with E-state index in [0.717, 1.165) is 42.8 Å². The van der Waals surface area contributed by atoms with Crippen LogP contribution in [0.2, 0.25) is 0 Å². The van der Waals surface area contributed by atoms with Crippen LogP contribution in [0.5, 0.6) is 17.2 Å². The average Bonchev–Trinajstić information content (AvgIpc) is 2.95. The maximum Gasteiger partial charge on any atom is 0.165 e. The SMILES string of the molecule is COc1ccc(C2CCc3cc(O)ccc3C2)c(NCCc2ccc(OCCN3C(C)(C)CCCC3(C)C)c(F)c2)c1. The number of nitrogens with zero attached hydrogens (tertiary/aromatic N) is 1. The van der Waals surface area contributed by atoms with Crippen molar-refractivity contribution in [2.45, 2.75) is 89.6 Å². The Hall–Kier alpha value is -3.25. The predicted molar refractivity (Wildman–Crippen MR) is 169 cm³/mol. The monoisotopic (exact) mass is 574 g/mol. The molecule has 6 heteroatoms. The molecule has 42 heavy (non-hydrogen) atoms. The summed E-state index contributed by atoms with van der Waals surface area (Å²) in [6.45, 7) is 11.1. The van der Waals surface area contributed by atoms with E-state index in [-0.39, 0.29) is 16.9 Å². The lowest BCUT2D eigenvalue weighted by atomic mass is 9.79. The molecule has 0 bridgehead atoms. The molecule has 1 aliphatic carbocycles. The molecule has 2 aliphatic rings. The molecule has 2 N–H and O–H groups in total. The first-order valence-corrected chi connectivity index (χ1v) is 15.5. The van der Waals surface area contributed by atoms with Gasteiger partial charge >= 0.3 is 0 Å². The van der Waals surface area contributed by atoms with Gasteiger partial charge in [-0.15, -0.1) is 0 Å². The van der Waals surface area contributed by atoms with Crippen molar-refractivity contribution in [3.63, 3.8) is 0 Å². The molecule has 5 rings (SSSR count). The van der Waals surface area contributed by atoms with Crippen molar-refractivity contribution in [3.05, 3.63) is 82.7 Å². The standard InChI is InChI=1S/C36H47FN2O3/c1-35(2)16-6-17-36(3,4)39(35)19-20-42-34-14-7-25(21-32(34)37)15-18-38-33-24-30(41-5)12-13-31(33)28-9-8-27-23-29(40)11-10-26(27)22-28/h7,10-14,21,23-24,28,38,40H,6,8-9,15-20,22H2,1-5H3. The second-order valence-corrected chi connectivity index (χ2v) is 13.3. The third-order valence-electron chi connectivity index (χ3n) is 9.46. The van der Waals surface area contributed by atoms with Gasteiger partial charge in [-0.25, -0.2) is 4.39 Å². The molecule has 1 saturated heterocycles. The molecular weight excluding hydrogens is 527 g/mol. The van der Waals surface area contributed by atoms with Gasteiger partial charge in [0.25, 0.3) is 0 Å². The number of piperidine rings is 1. The molecule has 1 unspecified atom stereocenters. The van der Waals surface area contributed by atoms with Gasteiger partial charge in [0.1, 0.15) is 18.1 Å². The van der Waals surface area contributed by atoms with Gasteiger partial charge in [0.05, 0.1) is 7.11 Å². The quantitative estimate of drug-likeness (QED) is 0.258. The van der Waals surface area contributed by atoms with Crippen LogP contribution < -0.4 is 14.8 Å². The number of likely N-dealkylation sites (tertiary alicyclic amines) is 1. The zero-order valence-corrected chi connectivity index (χ0v) is 25.9. The maximum atomic E-state index is 15.0. The van der Waals surface area contributed by atoms with Crippen molar-refractivity contribution in [1.29, 1.82) is 0 Å². The molecule has 0 saturated carbocycles. The van der Waals surface area contributed by atoms with Crippen molar-refractivity contribution < 1.29 is 19.0 Å². The number of anilines is 1. The molecule has 1 fully saturated rings. The van der Waals surface area contributed by atoms with E-state index in [2.05, 4.69) is 50.0 Å². The lowest BCUT2D eigenvalue weighted by Crippen LogP contribution is -2.59. The molecule has 3 aromatic carbocycles. The number of hydrogen-bond acceptors (Lipinski definition) is 5. The normalized spacial score (nSPS) is 19.6. The Morgan fingerprint density at radius 2 is 1.76 bits per heavy atom. The van der Waals surface area contributed by atoms with Crippen LogP contribution in [0, 0.1) is 5.82 Å². The second kappa shape index (κ2) is 12.5. The molecular formula is C36H47FN2O3. The minimum atomic E-state index is -0.307. The minimum absolute atomic E-state index is 0.120. The molecule has 5 nitrogen and oxygen atoms in total. The summed E-state index contributed by atoms with van der Waals surface area (Å²) in [5, 5.41) is 13.5. The fraction of sp³-hybridized carbons (Fsp3) is 0.500. The van der Waals surface area contributed by atoms with Gasteiger partial charge in [0, 0.05) is 35.9 Å². The first-order chi connectivity index (χ1) is 20.1. The van der Waals surface area contributed by atoms with E-state index in [4.69, 9.17) is 9.47 Å². The highest BCUT2D eigenvalue weighted by molar-refractivity contribution is 5.58. The fourth-order valence-corrected chi connectivity index (χ4v) is 7.23. The van der Waals surface area contributed by atoms with Gasteiger partial charge in [-0.2, -0.15) is 0 Å². The highest BCUT2D eigenvalue weighted by Crippen LogP contribution is 2.39. The van der Waals surface area contributed by atoms with Gasteiger partial charge in [-0.1, -0.05) is 18.2 Å². The second-order valence-electron chi connectivity index (χ2n) is 13.3. The third-order valence-corrected chi connectivity index (χ3v) is 9.46. The third kappa shape index (κ3) is 6.86. The van der Waals surface area contributed by atoms with Gasteiger partial charge in [-0.05, 0) is 131 Å². The summed E-state index contributed by atoms with van der Waals surface area (Å²) >= 11 is 0. The van der Waals surface area contributed by atoms with Crippen molar-refractivity contribution in [2.75, 3.05) is 32.1 Å². The highest BCUT2D eigenvalue weighted by Gasteiger charge is 2.40. The van der Waals surface area contributed by atoms with E-state index in [1.54, 1.807) is 25.3 Å². The van der Waals surface area contributed by atoms with Crippen LogP contribution in [-0.2, 0) is 19.3 Å². The Morgan fingerprint density at radius 3 is 2.50 bits per heavy atom. The van der Waals surface area contributed by atoms with Crippen molar-refractivity contribution >= 4 is 5.69 Å². The Balaban J connectivity index is 1.18. The fourth-order valence-electron chi connectivity index (χ4n) is 7.23. The Morgan fingerprint density at radius 1 is 0.976 bits per heavy atom. The van der Waals surface area contributed by atoms with Gasteiger partial charge in [0.2, 0.25) is 0 Å². The van der Waals surface area contributed by atoms with E-state index < -0.39 is 0 Å². The van der Waals surface area contributed by atoms with Crippen molar-refractivity contribution in [3.8, 4) is 17.2 Å². The summed E-state index contributed by atoms with van der Waals surface area (Å²) in [7, 11) is 1.68. The lowest BCUT2D eigenvalue weighted by molar-refractivity contribution is -0.0342. The first kappa shape index (κ1) is 30.2. The Labute approximate surface area is 251 Å². The number of ether oxygens (including phenoxy) is 2. The van der Waals surface area contributed by atoms with Crippen LogP contribution in [0.3, 0.4) is 0 Å². The Kier molecular flexibility index (Phi) is 9.03. The van der Waals surface area contributed by atoms with E-state index in [9.17, 15) is 5.11 Å². The number of rotatable bonds is 10. The summed E-state index contributed by atoms with van der Waals surface area (Å²) in [6, 6.07) is 17.3. The summed E-state index contributed by atoms with van der Waals surface area (Å²) in [4.78, 5) is 2.52. The lowest BCUT2D eigenvalue weighted by Gasteiger charge is -2.53. The zero-order chi connectivity index (χ0) is 29.9. The summed E-state index contributed by atoms with van der Waals surface area (Å²) in [5.74, 6) is 1.54. The first-order valence-electron chi connectivity index (χ1n) is 15.5. The number of phenolic OH excluding ortho intramolecular Hbond substituents is 1.